The van der Waals surface area contributed by atoms with Crippen LogP contribution in [0.25, 0.3) is 0 Å². The number of esters is 2. The van der Waals surface area contributed by atoms with Gasteiger partial charge >= 0.3 is 11.9 Å². The smallest absolute Gasteiger partial charge is 0.337 e. The average molecular weight is 566 g/mol. The molecule has 8 nitrogen and oxygen atoms in total. The second-order valence-electron chi connectivity index (χ2n) is 8.39. The van der Waals surface area contributed by atoms with Crippen molar-refractivity contribution in [2.45, 2.75) is 52.9 Å². The standard InChI is InChI=1S/C26H32F5NO7/c1-6-36-18(37-7-2)12-35-11-17-20(26(34)39-13(4)5)21(19(16(10-27)32-17)25(33)38-8-3)22-23(30)14(28)9-15(29)24(22)31/h9,13,18,21,32H,6-8,10-12H2,1-5H3. The lowest BCUT2D eigenvalue weighted by Crippen LogP contribution is -2.38. The number of nitrogens with one attached hydrogen (secondary N) is 1. The van der Waals surface area contributed by atoms with Gasteiger partial charge in [-0.15, -0.1) is 0 Å². The molecule has 0 aromatic heterocycles. The molecule has 1 aromatic rings. The van der Waals surface area contributed by atoms with E-state index in [2.05, 4.69) is 5.32 Å². The molecule has 218 valence electrons. The number of carbonyl (C=O) groups excluding carboxylic acids is 2. The Morgan fingerprint density at radius 2 is 1.46 bits per heavy atom. The Bertz CT molecular complexity index is 1070. The third-order valence-electron chi connectivity index (χ3n) is 5.36. The fraction of sp³-hybridized carbons (Fsp3) is 0.538. The SMILES string of the molecule is CCOC(=O)C1=C(CF)NC(COCC(OCC)OCC)=C(C(=O)OC(C)C)C1c1c(F)c(F)cc(F)c1F. The van der Waals surface area contributed by atoms with Crippen LogP contribution in [0.5, 0.6) is 0 Å². The van der Waals surface area contributed by atoms with Crippen LogP contribution >= 0.6 is 0 Å². The van der Waals surface area contributed by atoms with Gasteiger partial charge in [-0.05, 0) is 34.6 Å². The molecule has 2 rings (SSSR count). The summed E-state index contributed by atoms with van der Waals surface area (Å²) in [7, 11) is 0. The number of ether oxygens (including phenoxy) is 5. The average Bonchev–Trinajstić information content (AvgIpc) is 2.87. The van der Waals surface area contributed by atoms with Gasteiger partial charge in [-0.3, -0.25) is 0 Å². The van der Waals surface area contributed by atoms with E-state index >= 15 is 8.78 Å². The second-order valence-corrected chi connectivity index (χ2v) is 8.39. The van der Waals surface area contributed by atoms with Crippen LogP contribution in [0.1, 0.15) is 46.1 Å². The Balaban J connectivity index is 2.79. The molecule has 1 unspecified atom stereocenters. The third-order valence-corrected chi connectivity index (χ3v) is 5.36. The number of hydrogen-bond acceptors (Lipinski definition) is 8. The molecule has 0 bridgehead atoms. The highest BCUT2D eigenvalue weighted by atomic mass is 19.2. The Labute approximate surface area is 223 Å². The highest BCUT2D eigenvalue weighted by Crippen LogP contribution is 2.42. The first-order chi connectivity index (χ1) is 18.5. The molecule has 13 heteroatoms. The first kappa shape index (κ1) is 32.2. The van der Waals surface area contributed by atoms with Crippen LogP contribution in [0.3, 0.4) is 0 Å². The molecule has 1 N–H and O–H groups in total. The highest BCUT2D eigenvalue weighted by molar-refractivity contribution is 6.00. The van der Waals surface area contributed by atoms with E-state index in [9.17, 15) is 22.8 Å². The summed E-state index contributed by atoms with van der Waals surface area (Å²) in [6.07, 6.45) is -1.57. The fourth-order valence-corrected chi connectivity index (χ4v) is 3.90. The summed E-state index contributed by atoms with van der Waals surface area (Å²) in [6, 6.07) is -0.0273. The van der Waals surface area contributed by atoms with Crippen molar-refractivity contribution in [1.82, 2.24) is 5.32 Å². The Hall–Kier alpha value is -3.03. The lowest BCUT2D eigenvalue weighted by Gasteiger charge is -2.32. The summed E-state index contributed by atoms with van der Waals surface area (Å²) in [5, 5.41) is 2.55. The summed E-state index contributed by atoms with van der Waals surface area (Å²) in [5.41, 5.74) is -3.54. The van der Waals surface area contributed by atoms with Crippen LogP contribution in [0.2, 0.25) is 0 Å². The van der Waals surface area contributed by atoms with Gasteiger partial charge in [0.05, 0.1) is 54.4 Å². The minimum Gasteiger partial charge on any atom is -0.463 e. The van der Waals surface area contributed by atoms with Gasteiger partial charge in [0.15, 0.2) is 29.6 Å². The van der Waals surface area contributed by atoms with Gasteiger partial charge in [0.25, 0.3) is 0 Å². The van der Waals surface area contributed by atoms with Crippen molar-refractivity contribution in [3.63, 3.8) is 0 Å². The molecule has 39 heavy (non-hydrogen) atoms. The number of dihydropyridines is 1. The summed E-state index contributed by atoms with van der Waals surface area (Å²) in [6.45, 7) is 6.04. The van der Waals surface area contributed by atoms with Crippen molar-refractivity contribution in [3.05, 3.63) is 57.4 Å². The van der Waals surface area contributed by atoms with Crippen LogP contribution in [-0.4, -0.2) is 64.0 Å². The molecule has 0 saturated carbocycles. The van der Waals surface area contributed by atoms with E-state index < -0.39 is 89.2 Å². The topological polar surface area (TPSA) is 92.3 Å². The number of allylic oxidation sites excluding steroid dienone is 1. The molecule has 0 aliphatic carbocycles. The minimum absolute atomic E-state index is 0.0273. The predicted molar refractivity (Wildman–Crippen MR) is 128 cm³/mol. The summed E-state index contributed by atoms with van der Waals surface area (Å²) in [5.74, 6) is -12.0. The molecule has 1 aliphatic rings. The number of hydrogen-bond donors (Lipinski definition) is 1. The second kappa shape index (κ2) is 14.9. The third kappa shape index (κ3) is 7.76. The maximum absolute atomic E-state index is 15.1. The summed E-state index contributed by atoms with van der Waals surface area (Å²) in [4.78, 5) is 26.2. The van der Waals surface area contributed by atoms with Gasteiger partial charge in [-0.25, -0.2) is 31.5 Å². The largest absolute Gasteiger partial charge is 0.463 e. The number of benzene rings is 1. The van der Waals surface area contributed by atoms with Gasteiger partial charge < -0.3 is 29.0 Å². The van der Waals surface area contributed by atoms with E-state index in [0.717, 1.165) is 0 Å². The fourth-order valence-electron chi connectivity index (χ4n) is 3.90. The maximum Gasteiger partial charge on any atom is 0.337 e. The molecular formula is C26H32F5NO7. The molecule has 1 aliphatic heterocycles. The molecule has 1 heterocycles. The van der Waals surface area contributed by atoms with Crippen molar-refractivity contribution in [2.75, 3.05) is 39.7 Å². The summed E-state index contributed by atoms with van der Waals surface area (Å²) < 4.78 is 99.6. The van der Waals surface area contributed by atoms with Crippen molar-refractivity contribution in [2.24, 2.45) is 0 Å². The Kier molecular flexibility index (Phi) is 12.3. The molecule has 0 amide bonds. The Morgan fingerprint density at radius 1 is 0.897 bits per heavy atom. The van der Waals surface area contributed by atoms with Crippen LogP contribution in [0.4, 0.5) is 22.0 Å². The molecule has 1 aromatic carbocycles. The zero-order valence-corrected chi connectivity index (χ0v) is 22.3. The lowest BCUT2D eigenvalue weighted by atomic mass is 9.79. The maximum atomic E-state index is 15.1. The van der Waals surface area contributed by atoms with Crippen molar-refractivity contribution in [3.8, 4) is 0 Å². The zero-order chi connectivity index (χ0) is 29.3. The molecular weight excluding hydrogens is 533 g/mol. The van der Waals surface area contributed by atoms with Gasteiger partial charge in [-0.1, -0.05) is 0 Å². The molecule has 0 spiro atoms. The van der Waals surface area contributed by atoms with Crippen molar-refractivity contribution < 1.29 is 55.2 Å². The molecule has 0 saturated heterocycles. The number of rotatable bonds is 14. The first-order valence-electron chi connectivity index (χ1n) is 12.3. The summed E-state index contributed by atoms with van der Waals surface area (Å²) >= 11 is 0. The number of halogens is 5. The van der Waals surface area contributed by atoms with Crippen LogP contribution in [-0.2, 0) is 33.3 Å². The number of carbonyl (C=O) groups is 2. The van der Waals surface area contributed by atoms with Gasteiger partial charge in [-0.2, -0.15) is 0 Å². The van der Waals surface area contributed by atoms with Crippen molar-refractivity contribution >= 4 is 11.9 Å². The number of alkyl halides is 1. The molecule has 0 radical (unpaired) electrons. The molecule has 0 fully saturated rings. The minimum atomic E-state index is -2.15. The normalized spacial score (nSPS) is 15.7. The van der Waals surface area contributed by atoms with Crippen LogP contribution in [0, 0.1) is 23.3 Å². The van der Waals surface area contributed by atoms with Crippen molar-refractivity contribution in [1.29, 1.82) is 0 Å². The van der Waals surface area contributed by atoms with Gasteiger partial charge in [0.2, 0.25) is 0 Å². The van der Waals surface area contributed by atoms with E-state index in [1.807, 2.05) is 0 Å². The van der Waals surface area contributed by atoms with Crippen LogP contribution in [0.15, 0.2) is 28.6 Å². The monoisotopic (exact) mass is 565 g/mol. The van der Waals surface area contributed by atoms with E-state index in [0.29, 0.717) is 0 Å². The first-order valence-corrected chi connectivity index (χ1v) is 12.3. The van der Waals surface area contributed by atoms with E-state index in [4.69, 9.17) is 23.7 Å². The van der Waals surface area contributed by atoms with E-state index in [1.165, 1.54) is 20.8 Å². The van der Waals surface area contributed by atoms with Gasteiger partial charge in [0.1, 0.15) is 6.67 Å². The highest BCUT2D eigenvalue weighted by Gasteiger charge is 2.44. The molecule has 1 atom stereocenters. The predicted octanol–water partition coefficient (Wildman–Crippen LogP) is 4.34. The van der Waals surface area contributed by atoms with Gasteiger partial charge in [0, 0.05) is 24.8 Å². The Morgan fingerprint density at radius 3 is 1.95 bits per heavy atom. The lowest BCUT2D eigenvalue weighted by molar-refractivity contribution is -0.165. The van der Waals surface area contributed by atoms with E-state index in [1.54, 1.807) is 13.8 Å². The zero-order valence-electron chi connectivity index (χ0n) is 22.3. The quantitative estimate of drug-likeness (QED) is 0.154. The van der Waals surface area contributed by atoms with Crippen LogP contribution < -0.4 is 5.32 Å². The van der Waals surface area contributed by atoms with E-state index in [-0.39, 0.29) is 38.2 Å².